The molecule has 1 atom stereocenters. The molecule has 0 bridgehead atoms. The van der Waals surface area contributed by atoms with Crippen molar-refractivity contribution in [3.8, 4) is 0 Å². The van der Waals surface area contributed by atoms with E-state index in [-0.39, 0.29) is 0 Å². The minimum atomic E-state index is 0.397. The summed E-state index contributed by atoms with van der Waals surface area (Å²) >= 11 is 5.18. The smallest absolute Gasteiger partial charge is 0.149 e. The second-order valence-electron chi connectivity index (χ2n) is 3.42. The molecular weight excluding hydrogens is 274 g/mol. The van der Waals surface area contributed by atoms with Gasteiger partial charge in [-0.3, -0.25) is 0 Å². The van der Waals surface area contributed by atoms with Crippen LogP contribution in [0.2, 0.25) is 0 Å². The molecule has 0 saturated carbocycles. The summed E-state index contributed by atoms with van der Waals surface area (Å²) in [6.07, 6.45) is 4.97. The van der Waals surface area contributed by atoms with Crippen LogP contribution in [-0.2, 0) is 0 Å². The quantitative estimate of drug-likeness (QED) is 0.875. The lowest BCUT2D eigenvalue weighted by Crippen LogP contribution is -2.17. The minimum Gasteiger partial charge on any atom is -0.396 e. The van der Waals surface area contributed by atoms with Gasteiger partial charge in [0.2, 0.25) is 0 Å². The molecule has 0 aliphatic rings. The first-order valence-electron chi connectivity index (χ1n) is 4.80. The Morgan fingerprint density at radius 3 is 3.00 bits per heavy atom. The first-order valence-corrected chi connectivity index (χ1v) is 6.98. The van der Waals surface area contributed by atoms with E-state index in [9.17, 15) is 0 Å². The maximum absolute atomic E-state index is 5.84. The predicted octanol–water partition coefficient (Wildman–Crippen LogP) is 2.98. The van der Waals surface area contributed by atoms with E-state index in [2.05, 4.69) is 39.4 Å². The number of hydrogen-bond donors (Lipinski definition) is 2. The zero-order valence-electron chi connectivity index (χ0n) is 8.96. The first-order chi connectivity index (χ1) is 7.13. The highest BCUT2D eigenvalue weighted by Crippen LogP contribution is 2.20. The molecule has 0 aliphatic heterocycles. The van der Waals surface area contributed by atoms with E-state index in [1.165, 1.54) is 0 Å². The highest BCUT2D eigenvalue weighted by molar-refractivity contribution is 9.10. The average molecular weight is 290 g/mol. The van der Waals surface area contributed by atoms with E-state index < -0.39 is 0 Å². The molecule has 1 heterocycles. The molecule has 1 rings (SSSR count). The third-order valence-corrected chi connectivity index (χ3v) is 3.10. The van der Waals surface area contributed by atoms with Crippen molar-refractivity contribution in [2.24, 2.45) is 0 Å². The lowest BCUT2D eigenvalue weighted by atomic mass is 10.2. The summed E-state index contributed by atoms with van der Waals surface area (Å²) < 4.78 is 0.905. The van der Waals surface area contributed by atoms with Crippen LogP contribution in [0, 0.1) is 0 Å². The van der Waals surface area contributed by atoms with Gasteiger partial charge in [0.1, 0.15) is 5.82 Å². The zero-order valence-corrected chi connectivity index (χ0v) is 11.4. The van der Waals surface area contributed by atoms with E-state index in [4.69, 9.17) is 5.73 Å². The van der Waals surface area contributed by atoms with Crippen LogP contribution < -0.4 is 11.1 Å². The largest absolute Gasteiger partial charge is 0.396 e. The summed E-state index contributed by atoms with van der Waals surface area (Å²) in [5.41, 5.74) is 6.52. The molecule has 3 N–H and O–H groups in total. The standard InChI is InChI=1S/C10H16BrN3S/c1-7(3-4-15-2)14-10-9(12)5-8(11)6-13-10/h5-7H,3-4,12H2,1-2H3,(H,13,14). The maximum atomic E-state index is 5.84. The molecule has 1 unspecified atom stereocenters. The molecule has 0 amide bonds. The topological polar surface area (TPSA) is 50.9 Å². The van der Waals surface area contributed by atoms with E-state index in [1.807, 2.05) is 17.8 Å². The van der Waals surface area contributed by atoms with Crippen molar-refractivity contribution in [3.63, 3.8) is 0 Å². The number of nitrogens with zero attached hydrogens (tertiary/aromatic N) is 1. The molecule has 5 heteroatoms. The summed E-state index contributed by atoms with van der Waals surface area (Å²) in [5.74, 6) is 1.91. The highest BCUT2D eigenvalue weighted by atomic mass is 79.9. The van der Waals surface area contributed by atoms with E-state index in [0.29, 0.717) is 11.7 Å². The summed E-state index contributed by atoms with van der Waals surface area (Å²) in [7, 11) is 0. The summed E-state index contributed by atoms with van der Waals surface area (Å²) in [6.45, 7) is 2.14. The molecule has 1 aromatic rings. The SMILES string of the molecule is CSCCC(C)Nc1ncc(Br)cc1N. The van der Waals surface area contributed by atoms with Crippen LogP contribution in [0.5, 0.6) is 0 Å². The van der Waals surface area contributed by atoms with Crippen molar-refractivity contribution in [2.45, 2.75) is 19.4 Å². The zero-order chi connectivity index (χ0) is 11.3. The number of halogens is 1. The maximum Gasteiger partial charge on any atom is 0.149 e. The Balaban J connectivity index is 2.56. The molecule has 0 aromatic carbocycles. The van der Waals surface area contributed by atoms with Crippen LogP contribution in [0.1, 0.15) is 13.3 Å². The highest BCUT2D eigenvalue weighted by Gasteiger charge is 2.05. The van der Waals surface area contributed by atoms with Crippen molar-refractivity contribution < 1.29 is 0 Å². The van der Waals surface area contributed by atoms with Crippen molar-refractivity contribution in [3.05, 3.63) is 16.7 Å². The summed E-state index contributed by atoms with van der Waals surface area (Å²) in [6, 6.07) is 2.25. The van der Waals surface area contributed by atoms with Gasteiger partial charge in [0.05, 0.1) is 5.69 Å². The molecule has 84 valence electrons. The lowest BCUT2D eigenvalue weighted by Gasteiger charge is -2.15. The molecule has 0 saturated heterocycles. The second-order valence-corrected chi connectivity index (χ2v) is 5.32. The molecule has 15 heavy (non-hydrogen) atoms. The fourth-order valence-electron chi connectivity index (χ4n) is 1.18. The van der Waals surface area contributed by atoms with Crippen LogP contribution >= 0.6 is 27.7 Å². The molecule has 0 aliphatic carbocycles. The Kier molecular flexibility index (Phi) is 5.25. The van der Waals surface area contributed by atoms with Gasteiger partial charge in [-0.1, -0.05) is 0 Å². The van der Waals surface area contributed by atoms with Gasteiger partial charge in [-0.05, 0) is 47.3 Å². The van der Waals surface area contributed by atoms with Crippen molar-refractivity contribution in [1.29, 1.82) is 0 Å². The van der Waals surface area contributed by atoms with Gasteiger partial charge < -0.3 is 11.1 Å². The fourth-order valence-corrected chi connectivity index (χ4v) is 2.11. The Labute approximate surface area is 103 Å². The number of nitrogens with one attached hydrogen (secondary N) is 1. The second kappa shape index (κ2) is 6.23. The van der Waals surface area contributed by atoms with E-state index in [0.717, 1.165) is 22.5 Å². The van der Waals surface area contributed by atoms with Gasteiger partial charge in [-0.15, -0.1) is 0 Å². The van der Waals surface area contributed by atoms with Gasteiger partial charge in [-0.2, -0.15) is 11.8 Å². The number of nitrogens with two attached hydrogens (primary N) is 1. The van der Waals surface area contributed by atoms with Gasteiger partial charge in [-0.25, -0.2) is 4.98 Å². The Bertz CT molecular complexity index is 320. The van der Waals surface area contributed by atoms with E-state index in [1.54, 1.807) is 6.20 Å². The van der Waals surface area contributed by atoms with Crippen LogP contribution in [0.4, 0.5) is 11.5 Å². The van der Waals surface area contributed by atoms with Crippen LogP contribution in [0.25, 0.3) is 0 Å². The lowest BCUT2D eigenvalue weighted by molar-refractivity contribution is 0.767. The van der Waals surface area contributed by atoms with Crippen LogP contribution in [0.15, 0.2) is 16.7 Å². The van der Waals surface area contributed by atoms with Crippen LogP contribution in [-0.4, -0.2) is 23.0 Å². The van der Waals surface area contributed by atoms with Crippen molar-refractivity contribution in [2.75, 3.05) is 23.1 Å². The monoisotopic (exact) mass is 289 g/mol. The average Bonchev–Trinajstić information content (AvgIpc) is 2.19. The number of rotatable bonds is 5. The molecule has 3 nitrogen and oxygen atoms in total. The number of nitrogen functional groups attached to an aromatic ring is 1. The Hall–Kier alpha value is -0.420. The predicted molar refractivity (Wildman–Crippen MR) is 72.4 cm³/mol. The summed E-state index contributed by atoms with van der Waals surface area (Å²) in [5, 5.41) is 3.30. The Morgan fingerprint density at radius 2 is 2.40 bits per heavy atom. The van der Waals surface area contributed by atoms with Crippen molar-refractivity contribution in [1.82, 2.24) is 4.98 Å². The van der Waals surface area contributed by atoms with Gasteiger partial charge in [0.25, 0.3) is 0 Å². The first kappa shape index (κ1) is 12.6. The van der Waals surface area contributed by atoms with Gasteiger partial charge in [0, 0.05) is 16.7 Å². The van der Waals surface area contributed by atoms with Gasteiger partial charge >= 0.3 is 0 Å². The molecule has 0 spiro atoms. The summed E-state index contributed by atoms with van der Waals surface area (Å²) in [4.78, 5) is 4.24. The molecular formula is C10H16BrN3S. The minimum absolute atomic E-state index is 0.397. The third-order valence-electron chi connectivity index (χ3n) is 2.02. The third kappa shape index (κ3) is 4.30. The normalized spacial score (nSPS) is 12.5. The molecule has 0 radical (unpaired) electrons. The fraction of sp³-hybridized carbons (Fsp3) is 0.500. The number of pyridine rings is 1. The number of hydrogen-bond acceptors (Lipinski definition) is 4. The Morgan fingerprint density at radius 1 is 1.67 bits per heavy atom. The van der Waals surface area contributed by atoms with Crippen LogP contribution in [0.3, 0.4) is 0 Å². The van der Waals surface area contributed by atoms with Gasteiger partial charge in [0.15, 0.2) is 0 Å². The number of thioether (sulfide) groups is 1. The van der Waals surface area contributed by atoms with Crippen molar-refractivity contribution >= 4 is 39.2 Å². The number of aromatic nitrogens is 1. The molecule has 0 fully saturated rings. The van der Waals surface area contributed by atoms with E-state index >= 15 is 0 Å². The number of anilines is 2. The molecule has 1 aromatic heterocycles.